The van der Waals surface area contributed by atoms with E-state index in [9.17, 15) is 4.79 Å². The molecule has 0 rings (SSSR count). The van der Waals surface area contributed by atoms with Crippen molar-refractivity contribution in [1.82, 2.24) is 0 Å². The number of aliphatic hydroxyl groups excluding tert-OH is 2. The van der Waals surface area contributed by atoms with Crippen molar-refractivity contribution >= 4 is 5.78 Å². The molecule has 1 unspecified atom stereocenters. The Balaban J connectivity index is 3.49. The lowest BCUT2D eigenvalue weighted by atomic mass is 10.1. The molecule has 0 aromatic heterocycles. The fourth-order valence-corrected chi connectivity index (χ4v) is 0.507. The lowest BCUT2D eigenvalue weighted by Gasteiger charge is -2.03. The second-order valence-corrected chi connectivity index (χ2v) is 2.23. The predicted octanol–water partition coefficient (Wildman–Crippen LogP) is 0.788. The molecule has 2 N–H and O–H groups in total. The number of ketones is 1. The van der Waals surface area contributed by atoms with Gasteiger partial charge in [-0.15, -0.1) is 0 Å². The zero-order chi connectivity index (χ0) is 8.15. The van der Waals surface area contributed by atoms with Crippen LogP contribution in [0.4, 0.5) is 0 Å². The number of hydrogen-bond acceptors (Lipinski definition) is 3. The van der Waals surface area contributed by atoms with Crippen LogP contribution in [0.15, 0.2) is 12.3 Å². The third kappa shape index (κ3) is 4.09. The average molecular weight is 144 g/mol. The van der Waals surface area contributed by atoms with E-state index in [1.165, 1.54) is 6.92 Å². The van der Waals surface area contributed by atoms with Gasteiger partial charge in [0.15, 0.2) is 5.78 Å². The Kier molecular flexibility index (Phi) is 3.72. The van der Waals surface area contributed by atoms with E-state index in [4.69, 9.17) is 10.2 Å². The fourth-order valence-electron chi connectivity index (χ4n) is 0.507. The summed E-state index contributed by atoms with van der Waals surface area (Å²) in [6.45, 7) is 4.53. The van der Waals surface area contributed by atoms with E-state index in [1.807, 2.05) is 0 Å². The molecule has 0 aliphatic rings. The number of aliphatic hydroxyl groups is 2. The number of allylic oxidation sites excluding steroid dienone is 1. The van der Waals surface area contributed by atoms with Gasteiger partial charge in [0.05, 0.1) is 5.76 Å². The van der Waals surface area contributed by atoms with Crippen molar-refractivity contribution in [3.8, 4) is 0 Å². The summed E-state index contributed by atoms with van der Waals surface area (Å²) < 4.78 is 0. The largest absolute Gasteiger partial charge is 0.513 e. The van der Waals surface area contributed by atoms with Crippen LogP contribution in [-0.2, 0) is 4.79 Å². The summed E-state index contributed by atoms with van der Waals surface area (Å²) in [7, 11) is 0. The molecule has 1 atom stereocenters. The van der Waals surface area contributed by atoms with Gasteiger partial charge in [0.2, 0.25) is 0 Å². The zero-order valence-electron chi connectivity index (χ0n) is 6.00. The highest BCUT2D eigenvalue weighted by atomic mass is 16.3. The molecule has 0 amide bonds. The molecule has 3 heteroatoms. The number of hydrogen-bond donors (Lipinski definition) is 2. The third-order valence-corrected chi connectivity index (χ3v) is 1.18. The minimum Gasteiger partial charge on any atom is -0.513 e. The molecular formula is C7H12O3. The Labute approximate surface area is 60.0 Å². The molecule has 0 aromatic rings. The number of carbonyl (C=O) groups is 1. The molecule has 3 nitrogen and oxygen atoms in total. The molecule has 0 saturated heterocycles. The molecule has 0 aliphatic heterocycles. The van der Waals surface area contributed by atoms with Gasteiger partial charge in [0, 0.05) is 6.42 Å². The van der Waals surface area contributed by atoms with E-state index in [-0.39, 0.29) is 24.4 Å². The molecule has 0 saturated carbocycles. The standard InChI is InChI=1S/C7H12O3/c1-5(8)3-4-7(10)6(2)9/h7-8,10H,1,3-4H2,2H3. The molecule has 0 spiro atoms. The fraction of sp³-hybridized carbons (Fsp3) is 0.571. The maximum atomic E-state index is 10.4. The Morgan fingerprint density at radius 2 is 2.20 bits per heavy atom. The summed E-state index contributed by atoms with van der Waals surface area (Å²) in [5.74, 6) is -0.276. The van der Waals surface area contributed by atoms with Gasteiger partial charge in [0.25, 0.3) is 0 Å². The summed E-state index contributed by atoms with van der Waals surface area (Å²) in [6.07, 6.45) is -0.422. The van der Waals surface area contributed by atoms with Crippen LogP contribution in [0.25, 0.3) is 0 Å². The normalized spacial score (nSPS) is 12.6. The SMILES string of the molecule is C=C(O)CCC(O)C(C)=O. The van der Waals surface area contributed by atoms with E-state index in [1.54, 1.807) is 0 Å². The van der Waals surface area contributed by atoms with Crippen molar-refractivity contribution in [2.45, 2.75) is 25.9 Å². The van der Waals surface area contributed by atoms with E-state index in [2.05, 4.69) is 6.58 Å². The second kappa shape index (κ2) is 4.06. The number of Topliss-reactive ketones (excluding diaryl/α,β-unsaturated/α-hetero) is 1. The van der Waals surface area contributed by atoms with Gasteiger partial charge < -0.3 is 10.2 Å². The van der Waals surface area contributed by atoms with Crippen molar-refractivity contribution in [1.29, 1.82) is 0 Å². The van der Waals surface area contributed by atoms with E-state index in [0.29, 0.717) is 0 Å². The van der Waals surface area contributed by atoms with Crippen LogP contribution in [0.3, 0.4) is 0 Å². The third-order valence-electron chi connectivity index (χ3n) is 1.18. The van der Waals surface area contributed by atoms with Gasteiger partial charge in [-0.1, -0.05) is 6.58 Å². The van der Waals surface area contributed by atoms with Crippen molar-refractivity contribution in [3.05, 3.63) is 12.3 Å². The molecule has 0 fully saturated rings. The lowest BCUT2D eigenvalue weighted by molar-refractivity contribution is -0.125. The molecule has 0 aliphatic carbocycles. The first-order chi connectivity index (χ1) is 4.54. The van der Waals surface area contributed by atoms with Crippen LogP contribution in [0, 0.1) is 0 Å². The number of rotatable bonds is 4. The summed E-state index contributed by atoms with van der Waals surface area (Å²) in [6, 6.07) is 0. The molecule has 0 bridgehead atoms. The highest BCUT2D eigenvalue weighted by Gasteiger charge is 2.08. The maximum absolute atomic E-state index is 10.4. The molecule has 58 valence electrons. The van der Waals surface area contributed by atoms with E-state index in [0.717, 1.165) is 0 Å². The van der Waals surface area contributed by atoms with E-state index < -0.39 is 6.10 Å². The number of carbonyl (C=O) groups excluding carboxylic acids is 1. The zero-order valence-corrected chi connectivity index (χ0v) is 6.00. The minimum absolute atomic E-state index is 0.000278. The van der Waals surface area contributed by atoms with Crippen molar-refractivity contribution in [2.24, 2.45) is 0 Å². The maximum Gasteiger partial charge on any atom is 0.158 e. The van der Waals surface area contributed by atoms with Crippen LogP contribution in [0.2, 0.25) is 0 Å². The van der Waals surface area contributed by atoms with Gasteiger partial charge in [-0.05, 0) is 13.3 Å². The van der Waals surface area contributed by atoms with Gasteiger partial charge in [-0.25, -0.2) is 0 Å². The Morgan fingerprint density at radius 1 is 1.70 bits per heavy atom. The van der Waals surface area contributed by atoms with Crippen molar-refractivity contribution < 1.29 is 15.0 Å². The van der Waals surface area contributed by atoms with Crippen molar-refractivity contribution in [3.63, 3.8) is 0 Å². The molecule has 0 radical (unpaired) electrons. The molecule has 0 heterocycles. The highest BCUT2D eigenvalue weighted by molar-refractivity contribution is 5.80. The average Bonchev–Trinajstić information content (AvgIpc) is 1.82. The molecule has 10 heavy (non-hydrogen) atoms. The Morgan fingerprint density at radius 3 is 2.50 bits per heavy atom. The first kappa shape index (κ1) is 9.17. The Hall–Kier alpha value is -0.830. The van der Waals surface area contributed by atoms with Gasteiger partial charge in [-0.3, -0.25) is 4.79 Å². The second-order valence-electron chi connectivity index (χ2n) is 2.23. The van der Waals surface area contributed by atoms with Crippen molar-refractivity contribution in [2.75, 3.05) is 0 Å². The van der Waals surface area contributed by atoms with Crippen LogP contribution >= 0.6 is 0 Å². The lowest BCUT2D eigenvalue weighted by Crippen LogP contribution is -2.16. The van der Waals surface area contributed by atoms with Crippen LogP contribution in [0.1, 0.15) is 19.8 Å². The van der Waals surface area contributed by atoms with Crippen LogP contribution in [-0.4, -0.2) is 22.1 Å². The van der Waals surface area contributed by atoms with E-state index >= 15 is 0 Å². The quantitative estimate of drug-likeness (QED) is 0.573. The topological polar surface area (TPSA) is 57.5 Å². The molecular weight excluding hydrogens is 132 g/mol. The summed E-state index contributed by atoms with van der Waals surface area (Å²) in [4.78, 5) is 10.4. The minimum atomic E-state index is -0.955. The summed E-state index contributed by atoms with van der Waals surface area (Å²) in [5.41, 5.74) is 0. The monoisotopic (exact) mass is 144 g/mol. The summed E-state index contributed by atoms with van der Waals surface area (Å²) in [5, 5.41) is 17.4. The van der Waals surface area contributed by atoms with Crippen LogP contribution in [0.5, 0.6) is 0 Å². The first-order valence-electron chi connectivity index (χ1n) is 3.09. The summed E-state index contributed by atoms with van der Waals surface area (Å²) >= 11 is 0. The first-order valence-corrected chi connectivity index (χ1v) is 3.09. The highest BCUT2D eigenvalue weighted by Crippen LogP contribution is 2.02. The molecule has 0 aromatic carbocycles. The van der Waals surface area contributed by atoms with Gasteiger partial charge in [0.1, 0.15) is 6.10 Å². The predicted molar refractivity (Wildman–Crippen MR) is 37.7 cm³/mol. The van der Waals surface area contributed by atoms with Gasteiger partial charge >= 0.3 is 0 Å². The van der Waals surface area contributed by atoms with Gasteiger partial charge in [-0.2, -0.15) is 0 Å². The Bertz CT molecular complexity index is 140. The van der Waals surface area contributed by atoms with Crippen LogP contribution < -0.4 is 0 Å². The smallest absolute Gasteiger partial charge is 0.158 e.